The third kappa shape index (κ3) is 3.10. The van der Waals surface area contributed by atoms with E-state index in [2.05, 4.69) is 72.8 Å². The topological polar surface area (TPSA) is 13.1 Å². The minimum absolute atomic E-state index is 0.697. The molecule has 0 fully saturated rings. The van der Waals surface area contributed by atoms with Crippen molar-refractivity contribution in [2.75, 3.05) is 0 Å². The Balaban J connectivity index is 1.74. The highest BCUT2D eigenvalue weighted by molar-refractivity contribution is 6.38. The second-order valence-corrected chi connectivity index (χ2v) is 8.31. The first-order chi connectivity index (χ1) is 15.8. The summed E-state index contributed by atoms with van der Waals surface area (Å²) in [5, 5.41) is 2.68. The van der Waals surface area contributed by atoms with Crippen LogP contribution in [0.3, 0.4) is 0 Å². The van der Waals surface area contributed by atoms with Gasteiger partial charge in [-0.15, -0.1) is 0 Å². The third-order valence-corrected chi connectivity index (χ3v) is 6.26. The molecule has 0 bridgehead atoms. The molecular formula is C30H19ClO. The van der Waals surface area contributed by atoms with E-state index in [0.29, 0.717) is 5.02 Å². The molecule has 1 aromatic heterocycles. The van der Waals surface area contributed by atoms with Crippen molar-refractivity contribution in [2.24, 2.45) is 0 Å². The summed E-state index contributed by atoms with van der Waals surface area (Å²) in [5.74, 6) is 0. The molecule has 0 amide bonds. The van der Waals surface area contributed by atoms with Crippen molar-refractivity contribution in [3.63, 3.8) is 0 Å². The van der Waals surface area contributed by atoms with E-state index in [1.54, 1.807) is 0 Å². The van der Waals surface area contributed by atoms with Gasteiger partial charge in [-0.3, -0.25) is 0 Å². The number of furan rings is 1. The number of fused-ring (bicyclic) bond motifs is 3. The zero-order valence-corrected chi connectivity index (χ0v) is 18.0. The highest BCUT2D eigenvalue weighted by Gasteiger charge is 2.19. The van der Waals surface area contributed by atoms with Crippen LogP contribution in [0.15, 0.2) is 120 Å². The summed E-state index contributed by atoms with van der Waals surface area (Å²) in [7, 11) is 0. The summed E-state index contributed by atoms with van der Waals surface area (Å²) in [5.41, 5.74) is 8.31. The molecule has 152 valence electrons. The molecule has 0 aliphatic rings. The lowest BCUT2D eigenvalue weighted by Gasteiger charge is -2.08. The Kier molecular flexibility index (Phi) is 4.56. The lowest BCUT2D eigenvalue weighted by molar-refractivity contribution is 0.671. The summed E-state index contributed by atoms with van der Waals surface area (Å²) >= 11 is 6.77. The van der Waals surface area contributed by atoms with E-state index in [1.165, 1.54) is 0 Å². The fraction of sp³-hybridized carbons (Fsp3) is 0. The molecule has 0 atom stereocenters. The first-order valence-corrected chi connectivity index (χ1v) is 11.0. The molecule has 5 aromatic carbocycles. The van der Waals surface area contributed by atoms with Crippen molar-refractivity contribution in [2.45, 2.75) is 0 Å². The summed E-state index contributed by atoms with van der Waals surface area (Å²) in [4.78, 5) is 0. The lowest BCUT2D eigenvalue weighted by Crippen LogP contribution is -1.83. The van der Waals surface area contributed by atoms with Crippen LogP contribution in [-0.4, -0.2) is 0 Å². The zero-order valence-electron chi connectivity index (χ0n) is 17.3. The Morgan fingerprint density at radius 2 is 1.03 bits per heavy atom. The molecule has 32 heavy (non-hydrogen) atoms. The molecule has 0 saturated carbocycles. The van der Waals surface area contributed by atoms with Crippen molar-refractivity contribution >= 4 is 33.5 Å². The van der Waals surface area contributed by atoms with Gasteiger partial charge in [-0.05, 0) is 46.5 Å². The molecule has 1 heterocycles. The zero-order chi connectivity index (χ0) is 21.5. The normalized spacial score (nSPS) is 11.3. The van der Waals surface area contributed by atoms with E-state index in [9.17, 15) is 0 Å². The lowest BCUT2D eigenvalue weighted by atomic mass is 9.95. The highest BCUT2D eigenvalue weighted by atomic mass is 35.5. The van der Waals surface area contributed by atoms with Crippen molar-refractivity contribution in [3.8, 4) is 33.4 Å². The van der Waals surface area contributed by atoms with E-state index in [1.807, 2.05) is 42.5 Å². The first kappa shape index (κ1) is 18.9. The van der Waals surface area contributed by atoms with Crippen LogP contribution in [0.5, 0.6) is 0 Å². The van der Waals surface area contributed by atoms with Crippen LogP contribution < -0.4 is 0 Å². The Morgan fingerprint density at radius 1 is 0.469 bits per heavy atom. The van der Waals surface area contributed by atoms with E-state index in [4.69, 9.17) is 16.0 Å². The van der Waals surface area contributed by atoms with Gasteiger partial charge in [0.1, 0.15) is 11.2 Å². The summed E-state index contributed by atoms with van der Waals surface area (Å²) < 4.78 is 6.61. The number of benzene rings is 5. The van der Waals surface area contributed by atoms with Crippen LogP contribution >= 0.6 is 11.6 Å². The molecular weight excluding hydrogens is 412 g/mol. The summed E-state index contributed by atoms with van der Waals surface area (Å²) in [6, 6.07) is 39.6. The smallest absolute Gasteiger partial charge is 0.144 e. The number of hydrogen-bond donors (Lipinski definition) is 0. The molecule has 6 aromatic rings. The maximum Gasteiger partial charge on any atom is 0.144 e. The minimum Gasteiger partial charge on any atom is -0.455 e. The first-order valence-electron chi connectivity index (χ1n) is 10.6. The van der Waals surface area contributed by atoms with Crippen molar-refractivity contribution in [1.82, 2.24) is 0 Å². The fourth-order valence-corrected chi connectivity index (χ4v) is 4.67. The van der Waals surface area contributed by atoms with Crippen LogP contribution in [0, 0.1) is 0 Å². The maximum absolute atomic E-state index is 6.77. The Labute approximate surface area is 191 Å². The second kappa shape index (κ2) is 7.71. The van der Waals surface area contributed by atoms with Gasteiger partial charge in [-0.25, -0.2) is 0 Å². The van der Waals surface area contributed by atoms with Crippen LogP contribution in [0.1, 0.15) is 0 Å². The third-order valence-electron chi connectivity index (χ3n) is 5.95. The van der Waals surface area contributed by atoms with Gasteiger partial charge in [0.15, 0.2) is 0 Å². The van der Waals surface area contributed by atoms with Crippen LogP contribution in [0.4, 0.5) is 0 Å². The quantitative estimate of drug-likeness (QED) is 0.272. The maximum atomic E-state index is 6.77. The average Bonchev–Trinajstić information content (AvgIpc) is 3.26. The van der Waals surface area contributed by atoms with Gasteiger partial charge in [0.05, 0.1) is 5.02 Å². The van der Waals surface area contributed by atoms with Gasteiger partial charge in [-0.1, -0.05) is 103 Å². The van der Waals surface area contributed by atoms with Gasteiger partial charge in [-0.2, -0.15) is 0 Å². The second-order valence-electron chi connectivity index (χ2n) is 7.90. The van der Waals surface area contributed by atoms with Gasteiger partial charge < -0.3 is 4.42 Å². The van der Waals surface area contributed by atoms with Crippen LogP contribution in [-0.2, 0) is 0 Å². The molecule has 0 aliphatic heterocycles. The Bertz CT molecular complexity index is 1550. The number of rotatable bonds is 3. The molecule has 0 saturated heterocycles. The van der Waals surface area contributed by atoms with Gasteiger partial charge in [0.2, 0.25) is 0 Å². The van der Waals surface area contributed by atoms with Gasteiger partial charge in [0.25, 0.3) is 0 Å². The van der Waals surface area contributed by atoms with Crippen molar-refractivity contribution < 1.29 is 4.42 Å². The summed E-state index contributed by atoms with van der Waals surface area (Å²) in [6.07, 6.45) is 0. The predicted octanol–water partition coefficient (Wildman–Crippen LogP) is 9.24. The molecule has 0 aliphatic carbocycles. The monoisotopic (exact) mass is 430 g/mol. The molecule has 6 rings (SSSR count). The molecule has 0 radical (unpaired) electrons. The Morgan fingerprint density at radius 3 is 1.66 bits per heavy atom. The highest BCUT2D eigenvalue weighted by Crippen LogP contribution is 2.44. The summed E-state index contributed by atoms with van der Waals surface area (Å²) in [6.45, 7) is 0. The van der Waals surface area contributed by atoms with Crippen molar-refractivity contribution in [3.05, 3.63) is 120 Å². The Hall–Kier alpha value is -3.81. The van der Waals surface area contributed by atoms with E-state index < -0.39 is 0 Å². The molecule has 0 N–H and O–H groups in total. The van der Waals surface area contributed by atoms with Crippen LogP contribution in [0.25, 0.3) is 55.3 Å². The van der Waals surface area contributed by atoms with Crippen LogP contribution in [0.2, 0.25) is 5.02 Å². The molecule has 2 heteroatoms. The minimum atomic E-state index is 0.697. The largest absolute Gasteiger partial charge is 0.455 e. The standard InChI is InChI=1S/C30H19ClO/c31-27-17-16-24(21-12-6-2-7-13-21)30-28(27)26-19-23(20-10-4-1-5-11-20)18-25(29(26)32-30)22-14-8-3-9-15-22/h1-19H. The number of halogens is 1. The molecule has 0 unspecified atom stereocenters. The van der Waals surface area contributed by atoms with E-state index in [-0.39, 0.29) is 0 Å². The fourth-order valence-electron chi connectivity index (χ4n) is 4.42. The average molecular weight is 431 g/mol. The SMILES string of the molecule is Clc1ccc(-c2ccccc2)c2oc3c(-c4ccccc4)cc(-c4ccccc4)cc3c12. The van der Waals surface area contributed by atoms with E-state index >= 15 is 0 Å². The van der Waals surface area contributed by atoms with Crippen molar-refractivity contribution in [1.29, 1.82) is 0 Å². The molecule has 0 spiro atoms. The van der Waals surface area contributed by atoms with Gasteiger partial charge in [0, 0.05) is 21.9 Å². The predicted molar refractivity (Wildman–Crippen MR) is 135 cm³/mol. The van der Waals surface area contributed by atoms with Gasteiger partial charge >= 0.3 is 0 Å². The van der Waals surface area contributed by atoms with E-state index in [0.717, 1.165) is 55.3 Å². The molecule has 1 nitrogen and oxygen atoms in total. The number of hydrogen-bond acceptors (Lipinski definition) is 1.